The molecule has 7 heteroatoms. The molecule has 1 N–H and O–H groups in total. The highest BCUT2D eigenvalue weighted by molar-refractivity contribution is 14.0. The first-order chi connectivity index (χ1) is 10.1. The molecule has 0 aliphatic heterocycles. The molecule has 1 aromatic heterocycles. The molecule has 0 atom stereocenters. The zero-order valence-corrected chi connectivity index (χ0v) is 16.0. The Hall–Kier alpha value is -1.22. The summed E-state index contributed by atoms with van der Waals surface area (Å²) < 4.78 is 12.9. The molecule has 0 spiro atoms. The van der Waals surface area contributed by atoms with Crippen LogP contribution in [0.3, 0.4) is 0 Å². The number of nitrogens with zero attached hydrogens (tertiary/aromatic N) is 3. The Labute approximate surface area is 151 Å². The van der Waals surface area contributed by atoms with Crippen molar-refractivity contribution in [2.45, 2.75) is 20.0 Å². The largest absolute Gasteiger partial charge is 0.352 e. The third kappa shape index (κ3) is 5.53. The Morgan fingerprint density at radius 1 is 1.36 bits per heavy atom. The van der Waals surface area contributed by atoms with Crippen molar-refractivity contribution in [1.29, 1.82) is 0 Å². The number of aryl methyl sites for hydroxylation is 1. The Kier molecular flexibility index (Phi) is 7.74. The standard InChI is InChI=1S/C15H19FN4S.HI/c1-11-19-14(10-21-11)9-20(3)15(17-2)18-8-12-4-6-13(16)7-5-12;/h4-7,10H,8-9H2,1-3H3,(H,17,18);1H. The van der Waals surface area contributed by atoms with Crippen molar-refractivity contribution in [3.63, 3.8) is 0 Å². The van der Waals surface area contributed by atoms with Gasteiger partial charge >= 0.3 is 0 Å². The summed E-state index contributed by atoms with van der Waals surface area (Å²) in [6, 6.07) is 6.45. The summed E-state index contributed by atoms with van der Waals surface area (Å²) in [6.45, 7) is 3.30. The second-order valence-corrected chi connectivity index (χ2v) is 5.80. The van der Waals surface area contributed by atoms with Gasteiger partial charge in [-0.2, -0.15) is 0 Å². The van der Waals surface area contributed by atoms with E-state index in [9.17, 15) is 4.39 Å². The van der Waals surface area contributed by atoms with Gasteiger partial charge in [0.05, 0.1) is 17.2 Å². The number of hydrogen-bond acceptors (Lipinski definition) is 3. The topological polar surface area (TPSA) is 40.5 Å². The van der Waals surface area contributed by atoms with Crippen molar-refractivity contribution < 1.29 is 4.39 Å². The van der Waals surface area contributed by atoms with Gasteiger partial charge in [0.2, 0.25) is 0 Å². The molecule has 2 aromatic rings. The summed E-state index contributed by atoms with van der Waals surface area (Å²) in [5.41, 5.74) is 2.04. The van der Waals surface area contributed by atoms with E-state index in [2.05, 4.69) is 20.7 Å². The Balaban J connectivity index is 0.00000242. The van der Waals surface area contributed by atoms with Crippen molar-refractivity contribution >= 4 is 41.3 Å². The minimum Gasteiger partial charge on any atom is -0.352 e. The SMILES string of the molecule is CN=C(NCc1ccc(F)cc1)N(C)Cc1csc(C)n1.I. The minimum absolute atomic E-state index is 0. The molecule has 0 saturated carbocycles. The monoisotopic (exact) mass is 434 g/mol. The van der Waals surface area contributed by atoms with Gasteiger partial charge in [0.1, 0.15) is 5.82 Å². The van der Waals surface area contributed by atoms with E-state index in [0.29, 0.717) is 13.1 Å². The molecular formula is C15H20FIN4S. The van der Waals surface area contributed by atoms with E-state index in [1.165, 1.54) is 12.1 Å². The third-order valence-electron chi connectivity index (χ3n) is 3.00. The number of rotatable bonds is 4. The molecule has 0 aliphatic rings. The zero-order chi connectivity index (χ0) is 15.2. The fourth-order valence-corrected chi connectivity index (χ4v) is 2.57. The van der Waals surface area contributed by atoms with E-state index in [1.54, 1.807) is 30.5 Å². The summed E-state index contributed by atoms with van der Waals surface area (Å²) in [5, 5.41) is 6.38. The lowest BCUT2D eigenvalue weighted by Gasteiger charge is -2.21. The second kappa shape index (κ2) is 9.04. The lowest BCUT2D eigenvalue weighted by Crippen LogP contribution is -2.38. The van der Waals surface area contributed by atoms with E-state index in [1.807, 2.05) is 18.9 Å². The quantitative estimate of drug-likeness (QED) is 0.456. The van der Waals surface area contributed by atoms with Gasteiger partial charge in [-0.3, -0.25) is 4.99 Å². The van der Waals surface area contributed by atoms with E-state index >= 15 is 0 Å². The van der Waals surface area contributed by atoms with Crippen LogP contribution in [-0.2, 0) is 13.1 Å². The van der Waals surface area contributed by atoms with Crippen molar-refractivity contribution in [3.05, 3.63) is 51.7 Å². The highest BCUT2D eigenvalue weighted by Gasteiger charge is 2.08. The maximum absolute atomic E-state index is 12.9. The van der Waals surface area contributed by atoms with Crippen LogP contribution in [0.15, 0.2) is 34.6 Å². The molecule has 0 radical (unpaired) electrons. The highest BCUT2D eigenvalue weighted by Crippen LogP contribution is 2.10. The number of halogens is 2. The van der Waals surface area contributed by atoms with Crippen molar-refractivity contribution in [2.24, 2.45) is 4.99 Å². The van der Waals surface area contributed by atoms with Crippen LogP contribution in [0.4, 0.5) is 4.39 Å². The van der Waals surface area contributed by atoms with Crippen molar-refractivity contribution in [3.8, 4) is 0 Å². The molecule has 0 amide bonds. The number of benzene rings is 1. The summed E-state index contributed by atoms with van der Waals surface area (Å²) in [7, 11) is 3.71. The average molecular weight is 434 g/mol. The second-order valence-electron chi connectivity index (χ2n) is 4.74. The summed E-state index contributed by atoms with van der Waals surface area (Å²) in [5.74, 6) is 0.559. The highest BCUT2D eigenvalue weighted by atomic mass is 127. The fraction of sp³-hybridized carbons (Fsp3) is 0.333. The smallest absolute Gasteiger partial charge is 0.194 e. The lowest BCUT2D eigenvalue weighted by atomic mass is 10.2. The molecule has 22 heavy (non-hydrogen) atoms. The van der Waals surface area contributed by atoms with Crippen LogP contribution < -0.4 is 5.32 Å². The Morgan fingerprint density at radius 3 is 2.59 bits per heavy atom. The van der Waals surface area contributed by atoms with Crippen LogP contribution in [0.25, 0.3) is 0 Å². The van der Waals surface area contributed by atoms with Crippen LogP contribution in [0.5, 0.6) is 0 Å². The summed E-state index contributed by atoms with van der Waals surface area (Å²) in [4.78, 5) is 10.7. The summed E-state index contributed by atoms with van der Waals surface area (Å²) in [6.07, 6.45) is 0. The molecule has 1 aromatic carbocycles. The van der Waals surface area contributed by atoms with E-state index in [4.69, 9.17) is 0 Å². The van der Waals surface area contributed by atoms with Crippen LogP contribution in [0, 0.1) is 12.7 Å². The van der Waals surface area contributed by atoms with Crippen LogP contribution >= 0.6 is 35.3 Å². The predicted octanol–water partition coefficient (Wildman–Crippen LogP) is 3.42. The van der Waals surface area contributed by atoms with Gasteiger partial charge in [-0.05, 0) is 24.6 Å². The Bertz CT molecular complexity index is 612. The van der Waals surface area contributed by atoms with Crippen molar-refractivity contribution in [2.75, 3.05) is 14.1 Å². The van der Waals surface area contributed by atoms with E-state index in [0.717, 1.165) is 22.2 Å². The van der Waals surface area contributed by atoms with Crippen LogP contribution in [0.2, 0.25) is 0 Å². The molecule has 0 fully saturated rings. The minimum atomic E-state index is -0.223. The molecular weight excluding hydrogens is 414 g/mol. The molecule has 0 saturated heterocycles. The molecule has 0 unspecified atom stereocenters. The van der Waals surface area contributed by atoms with Gasteiger partial charge in [0.15, 0.2) is 5.96 Å². The van der Waals surface area contributed by atoms with Gasteiger partial charge < -0.3 is 10.2 Å². The number of nitrogens with one attached hydrogen (secondary N) is 1. The number of aliphatic imine (C=N–C) groups is 1. The fourth-order valence-electron chi connectivity index (χ4n) is 1.97. The van der Waals surface area contributed by atoms with Gasteiger partial charge in [-0.25, -0.2) is 9.37 Å². The number of guanidine groups is 1. The van der Waals surface area contributed by atoms with Gasteiger partial charge in [-0.15, -0.1) is 35.3 Å². The average Bonchev–Trinajstić information content (AvgIpc) is 2.87. The summed E-state index contributed by atoms with van der Waals surface area (Å²) >= 11 is 1.64. The first kappa shape index (κ1) is 18.8. The third-order valence-corrected chi connectivity index (χ3v) is 3.83. The molecule has 0 bridgehead atoms. The number of aromatic nitrogens is 1. The number of hydrogen-bond donors (Lipinski definition) is 1. The normalized spacial score (nSPS) is 11.0. The van der Waals surface area contributed by atoms with Crippen LogP contribution in [0.1, 0.15) is 16.3 Å². The maximum Gasteiger partial charge on any atom is 0.194 e. The molecule has 4 nitrogen and oxygen atoms in total. The predicted molar refractivity (Wildman–Crippen MR) is 100 cm³/mol. The molecule has 0 aliphatic carbocycles. The molecule has 120 valence electrons. The van der Waals surface area contributed by atoms with E-state index in [-0.39, 0.29) is 29.8 Å². The number of thiazole rings is 1. The van der Waals surface area contributed by atoms with Crippen LogP contribution in [-0.4, -0.2) is 29.9 Å². The maximum atomic E-state index is 12.9. The molecule has 1 heterocycles. The van der Waals surface area contributed by atoms with Crippen molar-refractivity contribution in [1.82, 2.24) is 15.2 Å². The van der Waals surface area contributed by atoms with Gasteiger partial charge in [0.25, 0.3) is 0 Å². The Morgan fingerprint density at radius 2 is 2.05 bits per heavy atom. The lowest BCUT2D eigenvalue weighted by molar-refractivity contribution is 0.470. The first-order valence-corrected chi connectivity index (χ1v) is 7.53. The van der Waals surface area contributed by atoms with Gasteiger partial charge in [-0.1, -0.05) is 12.1 Å². The first-order valence-electron chi connectivity index (χ1n) is 6.65. The van der Waals surface area contributed by atoms with Gasteiger partial charge in [0, 0.05) is 26.0 Å². The van der Waals surface area contributed by atoms with E-state index < -0.39 is 0 Å². The zero-order valence-electron chi connectivity index (χ0n) is 12.8. The molecule has 2 rings (SSSR count).